The summed E-state index contributed by atoms with van der Waals surface area (Å²) >= 11 is 9.25. The van der Waals surface area contributed by atoms with Crippen molar-refractivity contribution in [3.8, 4) is 5.69 Å². The molecule has 4 nitrogen and oxygen atoms in total. The van der Waals surface area contributed by atoms with Gasteiger partial charge in [-0.2, -0.15) is 13.2 Å². The number of thiocarbonyl (C=S) groups is 1. The molecule has 0 saturated carbocycles. The highest BCUT2D eigenvalue weighted by atomic mass is 79.9. The second kappa shape index (κ2) is 9.37. The highest BCUT2D eigenvalue weighted by Crippen LogP contribution is 2.44. The zero-order chi connectivity index (χ0) is 25.6. The first-order valence-corrected chi connectivity index (χ1v) is 12.5. The van der Waals surface area contributed by atoms with Crippen molar-refractivity contribution >= 4 is 38.9 Å². The van der Waals surface area contributed by atoms with Crippen LogP contribution in [0.15, 0.2) is 83.5 Å². The van der Waals surface area contributed by atoms with Crippen LogP contribution in [0.5, 0.6) is 0 Å². The molecular formula is C27H22BrF3N4S. The number of hydrogen-bond acceptors (Lipinski definition) is 2. The molecule has 2 atom stereocenters. The number of alkyl halides is 3. The molecule has 2 aromatic carbocycles. The van der Waals surface area contributed by atoms with Gasteiger partial charge < -0.3 is 14.8 Å². The molecule has 0 unspecified atom stereocenters. The average Bonchev–Trinajstić information content (AvgIpc) is 3.34. The Kier molecular flexibility index (Phi) is 6.38. The molecule has 0 radical (unpaired) electrons. The van der Waals surface area contributed by atoms with E-state index in [9.17, 15) is 13.2 Å². The molecule has 2 aromatic heterocycles. The molecule has 0 aliphatic carbocycles. The summed E-state index contributed by atoms with van der Waals surface area (Å²) in [5.41, 5.74) is 3.38. The average molecular weight is 571 g/mol. The Hall–Kier alpha value is -3.17. The topological polar surface area (TPSA) is 33.1 Å². The number of anilines is 1. The third kappa shape index (κ3) is 4.30. The molecule has 1 saturated heterocycles. The van der Waals surface area contributed by atoms with Crippen molar-refractivity contribution in [2.45, 2.75) is 32.1 Å². The lowest BCUT2D eigenvalue weighted by atomic mass is 9.96. The Labute approximate surface area is 220 Å². The fourth-order valence-corrected chi connectivity index (χ4v) is 5.53. The zero-order valence-corrected chi connectivity index (χ0v) is 21.8. The van der Waals surface area contributed by atoms with Crippen LogP contribution < -0.4 is 10.2 Å². The number of nitrogens with zero attached hydrogens (tertiary/aromatic N) is 3. The molecule has 0 bridgehead atoms. The number of aryl methyl sites for hydroxylation is 1. The van der Waals surface area contributed by atoms with Crippen molar-refractivity contribution in [2.75, 3.05) is 4.90 Å². The van der Waals surface area contributed by atoms with Crippen LogP contribution in [0.4, 0.5) is 18.9 Å². The second-order valence-electron chi connectivity index (χ2n) is 8.65. The van der Waals surface area contributed by atoms with Gasteiger partial charge in [-0.1, -0.05) is 34.1 Å². The third-order valence-corrected chi connectivity index (χ3v) is 7.29. The van der Waals surface area contributed by atoms with Crippen molar-refractivity contribution in [2.24, 2.45) is 0 Å². The first-order valence-electron chi connectivity index (χ1n) is 11.3. The van der Waals surface area contributed by atoms with Crippen LogP contribution in [0.1, 0.15) is 40.3 Å². The van der Waals surface area contributed by atoms with Gasteiger partial charge >= 0.3 is 6.18 Å². The van der Waals surface area contributed by atoms with Gasteiger partial charge in [0.05, 0.1) is 29.0 Å². The zero-order valence-electron chi connectivity index (χ0n) is 19.4. The largest absolute Gasteiger partial charge is 0.418 e. The first-order chi connectivity index (χ1) is 17.2. The van der Waals surface area contributed by atoms with E-state index in [-0.39, 0.29) is 17.8 Å². The molecule has 36 heavy (non-hydrogen) atoms. The molecule has 1 N–H and O–H groups in total. The molecule has 0 amide bonds. The van der Waals surface area contributed by atoms with E-state index >= 15 is 0 Å². The predicted octanol–water partition coefficient (Wildman–Crippen LogP) is 7.45. The van der Waals surface area contributed by atoms with Gasteiger partial charge in [-0.25, -0.2) is 0 Å². The lowest BCUT2D eigenvalue weighted by Crippen LogP contribution is -2.29. The molecule has 9 heteroatoms. The van der Waals surface area contributed by atoms with Gasteiger partial charge in [0.15, 0.2) is 5.11 Å². The number of benzene rings is 2. The SMILES string of the molecule is Cc1cc([C@H]2[C@@H](c3ccccn3)NC(=S)N2c2ccc(Br)cc2)c(C)n1-c1ccccc1C(F)(F)F. The van der Waals surface area contributed by atoms with E-state index in [4.69, 9.17) is 12.2 Å². The van der Waals surface area contributed by atoms with E-state index in [1.807, 2.05) is 67.3 Å². The maximum absolute atomic E-state index is 13.9. The summed E-state index contributed by atoms with van der Waals surface area (Å²) in [5, 5.41) is 3.93. The van der Waals surface area contributed by atoms with Gasteiger partial charge in [0.25, 0.3) is 0 Å². The quantitative estimate of drug-likeness (QED) is 0.258. The van der Waals surface area contributed by atoms with Crippen molar-refractivity contribution in [3.63, 3.8) is 0 Å². The molecule has 1 fully saturated rings. The van der Waals surface area contributed by atoms with Crippen LogP contribution in [0.3, 0.4) is 0 Å². The monoisotopic (exact) mass is 570 g/mol. The number of pyridine rings is 1. The van der Waals surface area contributed by atoms with Gasteiger partial charge in [-0.15, -0.1) is 0 Å². The Morgan fingerprint density at radius 1 is 0.972 bits per heavy atom. The molecular weight excluding hydrogens is 549 g/mol. The Morgan fingerprint density at radius 3 is 2.33 bits per heavy atom. The van der Waals surface area contributed by atoms with Crippen LogP contribution in [0.25, 0.3) is 5.69 Å². The van der Waals surface area contributed by atoms with Gasteiger partial charge in [0, 0.05) is 27.7 Å². The summed E-state index contributed by atoms with van der Waals surface area (Å²) in [6, 6.07) is 20.5. The van der Waals surface area contributed by atoms with Crippen LogP contribution in [0, 0.1) is 13.8 Å². The van der Waals surface area contributed by atoms with Crippen molar-refractivity contribution in [3.05, 3.63) is 112 Å². The highest BCUT2D eigenvalue weighted by Gasteiger charge is 2.43. The summed E-state index contributed by atoms with van der Waals surface area (Å²) in [7, 11) is 0. The number of nitrogens with one attached hydrogen (secondary N) is 1. The smallest absolute Gasteiger partial charge is 0.351 e. The minimum atomic E-state index is -4.48. The second-order valence-corrected chi connectivity index (χ2v) is 9.95. The van der Waals surface area contributed by atoms with Crippen molar-refractivity contribution in [1.29, 1.82) is 0 Å². The van der Waals surface area contributed by atoms with E-state index in [0.717, 1.165) is 27.5 Å². The van der Waals surface area contributed by atoms with Crippen LogP contribution in [-0.4, -0.2) is 14.7 Å². The molecule has 1 aliphatic heterocycles. The molecule has 5 rings (SSSR count). The maximum atomic E-state index is 13.9. The summed E-state index contributed by atoms with van der Waals surface area (Å²) < 4.78 is 44.3. The highest BCUT2D eigenvalue weighted by molar-refractivity contribution is 9.10. The van der Waals surface area contributed by atoms with Gasteiger partial charge in [-0.3, -0.25) is 4.98 Å². The normalized spacial score (nSPS) is 17.9. The number of aromatic nitrogens is 2. The van der Waals surface area contributed by atoms with Crippen molar-refractivity contribution in [1.82, 2.24) is 14.9 Å². The molecule has 184 valence electrons. The predicted molar refractivity (Wildman–Crippen MR) is 142 cm³/mol. The molecule has 0 spiro atoms. The Morgan fingerprint density at radius 2 is 1.67 bits per heavy atom. The molecule has 1 aliphatic rings. The minimum absolute atomic E-state index is 0.101. The van der Waals surface area contributed by atoms with Crippen LogP contribution in [0.2, 0.25) is 0 Å². The van der Waals surface area contributed by atoms with Gasteiger partial charge in [0.2, 0.25) is 0 Å². The van der Waals surface area contributed by atoms with E-state index in [1.54, 1.807) is 16.8 Å². The van der Waals surface area contributed by atoms with E-state index in [1.165, 1.54) is 12.1 Å². The fraction of sp³-hybridized carbons (Fsp3) is 0.185. The van der Waals surface area contributed by atoms with Crippen LogP contribution in [-0.2, 0) is 6.18 Å². The van der Waals surface area contributed by atoms with Gasteiger partial charge in [-0.05, 0) is 86.2 Å². The third-order valence-electron chi connectivity index (χ3n) is 6.44. The Bertz CT molecular complexity index is 1420. The Balaban J connectivity index is 1.70. The summed E-state index contributed by atoms with van der Waals surface area (Å²) in [4.78, 5) is 6.58. The standard InChI is InChI=1S/C27H22BrF3N4S/c1-16-15-20(17(2)34(16)23-9-4-3-7-21(23)27(29,30)31)25-24(22-8-5-6-14-32-22)33-26(36)35(25)19-12-10-18(28)11-13-19/h3-15,24-25H,1-2H3,(H,33,36)/t24-,25+/m1/s1. The van der Waals surface area contributed by atoms with Crippen molar-refractivity contribution < 1.29 is 13.2 Å². The number of hydrogen-bond donors (Lipinski definition) is 1. The minimum Gasteiger partial charge on any atom is -0.351 e. The number of para-hydroxylation sites is 1. The lowest BCUT2D eigenvalue weighted by molar-refractivity contribution is -0.137. The molecule has 4 aromatic rings. The maximum Gasteiger partial charge on any atom is 0.418 e. The number of halogens is 4. The van der Waals surface area contributed by atoms with Crippen LogP contribution >= 0.6 is 28.1 Å². The molecule has 3 heterocycles. The summed E-state index contributed by atoms with van der Waals surface area (Å²) in [6.45, 7) is 3.68. The fourth-order valence-electron chi connectivity index (χ4n) is 4.92. The van der Waals surface area contributed by atoms with E-state index < -0.39 is 11.7 Å². The lowest BCUT2D eigenvalue weighted by Gasteiger charge is -2.28. The summed E-state index contributed by atoms with van der Waals surface area (Å²) in [5.74, 6) is 0. The van der Waals surface area contributed by atoms with Gasteiger partial charge in [0.1, 0.15) is 0 Å². The van der Waals surface area contributed by atoms with E-state index in [2.05, 4.69) is 26.2 Å². The van der Waals surface area contributed by atoms with E-state index in [0.29, 0.717) is 16.5 Å². The number of rotatable bonds is 4. The first kappa shape index (κ1) is 24.5. The summed E-state index contributed by atoms with van der Waals surface area (Å²) in [6.07, 6.45) is -2.75.